The fraction of sp³-hybridized carbons (Fsp3) is 0.350. The molecule has 0 bridgehead atoms. The predicted octanol–water partition coefficient (Wildman–Crippen LogP) is 4.16. The van der Waals surface area contributed by atoms with Crippen molar-refractivity contribution >= 4 is 27.5 Å². The molecule has 2 aromatic rings. The van der Waals surface area contributed by atoms with Crippen molar-refractivity contribution < 1.29 is 23.7 Å². The number of halogens is 1. The molecule has 0 aliphatic carbocycles. The lowest BCUT2D eigenvalue weighted by Gasteiger charge is -2.36. The van der Waals surface area contributed by atoms with E-state index in [0.717, 1.165) is 10.0 Å². The topological polar surface area (TPSA) is 66.0 Å². The first-order valence-electron chi connectivity index (χ1n) is 8.47. The zero-order valence-electron chi connectivity index (χ0n) is 15.5. The first-order chi connectivity index (χ1) is 12.9. The molecule has 6 nitrogen and oxygen atoms in total. The van der Waals surface area contributed by atoms with Gasteiger partial charge in [0, 0.05) is 21.8 Å². The summed E-state index contributed by atoms with van der Waals surface area (Å²) in [6.45, 7) is 2.33. The fourth-order valence-corrected chi connectivity index (χ4v) is 3.01. The number of carbonyl (C=O) groups excluding carboxylic acids is 1. The van der Waals surface area contributed by atoms with Crippen molar-refractivity contribution in [3.05, 3.63) is 52.5 Å². The molecule has 0 atom stereocenters. The minimum atomic E-state index is -0.793. The molecule has 1 amide bonds. The molecule has 0 spiro atoms. The van der Waals surface area contributed by atoms with E-state index in [4.69, 9.17) is 18.9 Å². The molecular weight excluding hydrogens is 414 g/mol. The molecule has 7 heteroatoms. The van der Waals surface area contributed by atoms with E-state index >= 15 is 0 Å². The molecule has 0 unspecified atom stereocenters. The Labute approximate surface area is 166 Å². The molecule has 1 N–H and O–H groups in total. The minimum absolute atomic E-state index is 0.177. The lowest BCUT2D eigenvalue weighted by Crippen LogP contribution is -2.45. The van der Waals surface area contributed by atoms with Crippen molar-refractivity contribution in [1.82, 2.24) is 0 Å². The van der Waals surface area contributed by atoms with Crippen molar-refractivity contribution in [3.63, 3.8) is 0 Å². The van der Waals surface area contributed by atoms with Crippen LogP contribution in [-0.2, 0) is 14.3 Å². The summed E-state index contributed by atoms with van der Waals surface area (Å²) >= 11 is 3.41. The summed E-state index contributed by atoms with van der Waals surface area (Å²) in [5.74, 6) is 0.972. The number of amides is 1. The van der Waals surface area contributed by atoms with Crippen LogP contribution < -0.4 is 14.8 Å². The summed E-state index contributed by atoms with van der Waals surface area (Å²) < 4.78 is 23.1. The average Bonchev–Trinajstić information content (AvgIpc) is 2.69. The van der Waals surface area contributed by atoms with Crippen LogP contribution in [0.3, 0.4) is 0 Å². The Kier molecular flexibility index (Phi) is 6.04. The Hall–Kier alpha value is -2.09. The molecule has 3 rings (SSSR count). The van der Waals surface area contributed by atoms with Gasteiger partial charge in [0.15, 0.2) is 17.8 Å². The Bertz CT molecular complexity index is 801. The molecule has 1 saturated heterocycles. The second kappa shape index (κ2) is 8.29. The summed E-state index contributed by atoms with van der Waals surface area (Å²) in [7, 11) is 3.12. The van der Waals surface area contributed by atoms with Crippen molar-refractivity contribution in [3.8, 4) is 11.5 Å². The van der Waals surface area contributed by atoms with Gasteiger partial charge in [0.2, 0.25) is 5.91 Å². The van der Waals surface area contributed by atoms with E-state index in [1.54, 1.807) is 32.4 Å². The molecule has 1 aliphatic rings. The van der Waals surface area contributed by atoms with Gasteiger partial charge in [-0.3, -0.25) is 4.79 Å². The van der Waals surface area contributed by atoms with Crippen LogP contribution in [0.2, 0.25) is 0 Å². The third kappa shape index (κ3) is 4.43. The molecule has 0 radical (unpaired) electrons. The van der Waals surface area contributed by atoms with Crippen LogP contribution >= 0.6 is 15.9 Å². The van der Waals surface area contributed by atoms with Gasteiger partial charge in [-0.25, -0.2) is 0 Å². The molecule has 1 aliphatic heterocycles. The third-order valence-electron chi connectivity index (χ3n) is 4.44. The lowest BCUT2D eigenvalue weighted by atomic mass is 9.90. The second-order valence-corrected chi connectivity index (χ2v) is 7.51. The summed E-state index contributed by atoms with van der Waals surface area (Å²) in [4.78, 5) is 12.8. The Morgan fingerprint density at radius 2 is 1.70 bits per heavy atom. The molecule has 1 fully saturated rings. The highest BCUT2D eigenvalue weighted by Gasteiger charge is 2.40. The van der Waals surface area contributed by atoms with Crippen LogP contribution in [0, 0.1) is 5.41 Å². The van der Waals surface area contributed by atoms with Crippen LogP contribution in [0.1, 0.15) is 18.8 Å². The van der Waals surface area contributed by atoms with Gasteiger partial charge in [0.05, 0.1) is 32.8 Å². The second-order valence-electron chi connectivity index (χ2n) is 6.59. The SMILES string of the molecule is COc1ccc(NC(=O)C2(C)COC(c3ccc(Br)cc3)OC2)cc1OC. The van der Waals surface area contributed by atoms with Gasteiger partial charge in [-0.15, -0.1) is 0 Å². The number of hydrogen-bond donors (Lipinski definition) is 1. The summed E-state index contributed by atoms with van der Waals surface area (Å²) in [6, 6.07) is 12.9. The maximum absolute atomic E-state index is 12.8. The van der Waals surface area contributed by atoms with Crippen LogP contribution in [0.5, 0.6) is 11.5 Å². The van der Waals surface area contributed by atoms with Crippen LogP contribution in [0.15, 0.2) is 46.9 Å². The number of carbonyl (C=O) groups is 1. The first-order valence-corrected chi connectivity index (χ1v) is 9.26. The number of methoxy groups -OCH3 is 2. The Morgan fingerprint density at radius 3 is 2.30 bits per heavy atom. The highest BCUT2D eigenvalue weighted by atomic mass is 79.9. The Balaban J connectivity index is 1.64. The van der Waals surface area contributed by atoms with E-state index < -0.39 is 11.7 Å². The van der Waals surface area contributed by atoms with E-state index in [1.807, 2.05) is 31.2 Å². The van der Waals surface area contributed by atoms with Crippen LogP contribution in [0.25, 0.3) is 0 Å². The molecule has 0 aromatic heterocycles. The summed E-state index contributed by atoms with van der Waals surface area (Å²) in [5.41, 5.74) is 0.744. The van der Waals surface area contributed by atoms with Crippen molar-refractivity contribution in [2.75, 3.05) is 32.8 Å². The summed E-state index contributed by atoms with van der Waals surface area (Å²) in [6.07, 6.45) is -0.472. The van der Waals surface area contributed by atoms with E-state index in [-0.39, 0.29) is 19.1 Å². The largest absolute Gasteiger partial charge is 0.493 e. The van der Waals surface area contributed by atoms with E-state index in [1.165, 1.54) is 0 Å². The molecule has 1 heterocycles. The zero-order chi connectivity index (χ0) is 19.4. The quantitative estimate of drug-likeness (QED) is 0.763. The number of hydrogen-bond acceptors (Lipinski definition) is 5. The number of anilines is 1. The first kappa shape index (κ1) is 19.7. The monoisotopic (exact) mass is 435 g/mol. The molecule has 144 valence electrons. The number of nitrogens with one attached hydrogen (secondary N) is 1. The third-order valence-corrected chi connectivity index (χ3v) is 4.97. The lowest BCUT2D eigenvalue weighted by molar-refractivity contribution is -0.226. The molecule has 0 saturated carbocycles. The molecule has 2 aromatic carbocycles. The highest BCUT2D eigenvalue weighted by Crippen LogP contribution is 2.34. The van der Waals surface area contributed by atoms with Gasteiger partial charge in [0.1, 0.15) is 0 Å². The van der Waals surface area contributed by atoms with Crippen LogP contribution in [-0.4, -0.2) is 33.3 Å². The highest BCUT2D eigenvalue weighted by molar-refractivity contribution is 9.10. The minimum Gasteiger partial charge on any atom is -0.493 e. The number of rotatable bonds is 5. The molecule has 27 heavy (non-hydrogen) atoms. The summed E-state index contributed by atoms with van der Waals surface area (Å²) in [5, 5.41) is 2.90. The molecular formula is C20H22BrNO5. The van der Waals surface area contributed by atoms with Crippen molar-refractivity contribution in [2.45, 2.75) is 13.2 Å². The Morgan fingerprint density at radius 1 is 1.07 bits per heavy atom. The standard InChI is InChI=1S/C20H22BrNO5/c1-20(11-26-18(27-12-20)13-4-6-14(21)7-5-13)19(23)22-15-8-9-16(24-2)17(10-15)25-3/h4-10,18H,11-12H2,1-3H3,(H,22,23). The van der Waals surface area contributed by atoms with Crippen molar-refractivity contribution in [2.24, 2.45) is 5.41 Å². The van der Waals surface area contributed by atoms with Gasteiger partial charge in [-0.2, -0.15) is 0 Å². The van der Waals surface area contributed by atoms with Gasteiger partial charge in [-0.05, 0) is 31.2 Å². The van der Waals surface area contributed by atoms with Gasteiger partial charge < -0.3 is 24.3 Å². The van der Waals surface area contributed by atoms with Gasteiger partial charge >= 0.3 is 0 Å². The van der Waals surface area contributed by atoms with E-state index in [2.05, 4.69) is 21.2 Å². The van der Waals surface area contributed by atoms with E-state index in [0.29, 0.717) is 17.2 Å². The zero-order valence-corrected chi connectivity index (χ0v) is 17.0. The van der Waals surface area contributed by atoms with Gasteiger partial charge in [0.25, 0.3) is 0 Å². The predicted molar refractivity (Wildman–Crippen MR) is 105 cm³/mol. The number of benzene rings is 2. The van der Waals surface area contributed by atoms with E-state index in [9.17, 15) is 4.79 Å². The average molecular weight is 436 g/mol. The maximum Gasteiger partial charge on any atom is 0.235 e. The fourth-order valence-electron chi connectivity index (χ4n) is 2.75. The number of ether oxygens (including phenoxy) is 4. The maximum atomic E-state index is 12.8. The normalized spacial score (nSPS) is 22.1. The van der Waals surface area contributed by atoms with Crippen molar-refractivity contribution in [1.29, 1.82) is 0 Å². The smallest absolute Gasteiger partial charge is 0.235 e. The van der Waals surface area contributed by atoms with Crippen LogP contribution in [0.4, 0.5) is 5.69 Å². The van der Waals surface area contributed by atoms with Gasteiger partial charge in [-0.1, -0.05) is 28.1 Å².